The fraction of sp³-hybridized carbons (Fsp3) is 0.900. The van der Waals surface area contributed by atoms with Crippen LogP contribution in [0.5, 0.6) is 0 Å². The van der Waals surface area contributed by atoms with Gasteiger partial charge in [0, 0.05) is 12.0 Å². The maximum absolute atomic E-state index is 12.1. The minimum absolute atomic E-state index is 0.123. The molecule has 1 N–H and O–H groups in total. The van der Waals surface area contributed by atoms with Gasteiger partial charge >= 0.3 is 12.1 Å². The molecule has 1 saturated heterocycles. The SMILES string of the molecule is CC1CC(NC(=O)C(F)(F)F)C(C)C(C)O1. The van der Waals surface area contributed by atoms with E-state index in [-0.39, 0.29) is 18.1 Å². The van der Waals surface area contributed by atoms with Gasteiger partial charge in [0.1, 0.15) is 0 Å². The molecule has 16 heavy (non-hydrogen) atoms. The smallest absolute Gasteiger partial charge is 0.375 e. The summed E-state index contributed by atoms with van der Waals surface area (Å²) in [5, 5.41) is 2.03. The van der Waals surface area contributed by atoms with E-state index in [0.29, 0.717) is 6.42 Å². The molecule has 0 saturated carbocycles. The molecule has 1 rings (SSSR count). The lowest BCUT2D eigenvalue weighted by Crippen LogP contribution is -2.52. The number of carbonyl (C=O) groups is 1. The van der Waals surface area contributed by atoms with Crippen LogP contribution in [-0.2, 0) is 9.53 Å². The molecule has 0 aromatic heterocycles. The van der Waals surface area contributed by atoms with Crippen molar-refractivity contribution in [2.75, 3.05) is 0 Å². The van der Waals surface area contributed by atoms with Gasteiger partial charge in [0.25, 0.3) is 0 Å². The van der Waals surface area contributed by atoms with Crippen molar-refractivity contribution in [2.24, 2.45) is 5.92 Å². The number of rotatable bonds is 1. The van der Waals surface area contributed by atoms with Crippen molar-refractivity contribution in [3.8, 4) is 0 Å². The first kappa shape index (κ1) is 13.3. The zero-order valence-electron chi connectivity index (χ0n) is 9.47. The monoisotopic (exact) mass is 239 g/mol. The third kappa shape index (κ3) is 3.10. The van der Waals surface area contributed by atoms with E-state index in [9.17, 15) is 18.0 Å². The Morgan fingerprint density at radius 1 is 1.31 bits per heavy atom. The Balaban J connectivity index is 2.62. The highest BCUT2D eigenvalue weighted by atomic mass is 19.4. The average molecular weight is 239 g/mol. The number of hydrogen-bond acceptors (Lipinski definition) is 2. The second kappa shape index (κ2) is 4.61. The van der Waals surface area contributed by atoms with Gasteiger partial charge in [0.05, 0.1) is 12.2 Å². The van der Waals surface area contributed by atoms with Gasteiger partial charge in [-0.15, -0.1) is 0 Å². The van der Waals surface area contributed by atoms with Gasteiger partial charge < -0.3 is 10.1 Å². The van der Waals surface area contributed by atoms with E-state index in [2.05, 4.69) is 0 Å². The lowest BCUT2D eigenvalue weighted by atomic mass is 9.89. The number of nitrogens with one attached hydrogen (secondary N) is 1. The van der Waals surface area contributed by atoms with Crippen LogP contribution in [0.4, 0.5) is 13.2 Å². The molecule has 4 atom stereocenters. The van der Waals surface area contributed by atoms with E-state index in [0.717, 1.165) is 0 Å². The first-order chi connectivity index (χ1) is 7.21. The zero-order chi connectivity index (χ0) is 12.5. The number of carbonyl (C=O) groups excluding carboxylic acids is 1. The minimum Gasteiger partial charge on any atom is -0.375 e. The van der Waals surface area contributed by atoms with Gasteiger partial charge in [0.15, 0.2) is 0 Å². The summed E-state index contributed by atoms with van der Waals surface area (Å²) in [5.41, 5.74) is 0. The number of halogens is 3. The van der Waals surface area contributed by atoms with Gasteiger partial charge in [0.2, 0.25) is 0 Å². The molecule has 4 unspecified atom stereocenters. The number of ether oxygens (including phenoxy) is 1. The maximum atomic E-state index is 12.1. The fourth-order valence-corrected chi connectivity index (χ4v) is 1.89. The molecule has 0 spiro atoms. The largest absolute Gasteiger partial charge is 0.471 e. The standard InChI is InChI=1S/C10H16F3NO2/c1-5-4-8(6(2)7(3)16-5)14-9(15)10(11,12)13/h5-8H,4H2,1-3H3,(H,14,15). The van der Waals surface area contributed by atoms with E-state index in [1.807, 2.05) is 5.32 Å². The van der Waals surface area contributed by atoms with E-state index in [4.69, 9.17) is 4.74 Å². The van der Waals surface area contributed by atoms with Crippen LogP contribution < -0.4 is 5.32 Å². The summed E-state index contributed by atoms with van der Waals surface area (Å²) in [6, 6.07) is -0.479. The van der Waals surface area contributed by atoms with Crippen LogP contribution in [0.2, 0.25) is 0 Å². The van der Waals surface area contributed by atoms with Gasteiger partial charge in [-0.3, -0.25) is 4.79 Å². The molecule has 0 aromatic carbocycles. The Kier molecular flexibility index (Phi) is 3.83. The first-order valence-corrected chi connectivity index (χ1v) is 5.25. The van der Waals surface area contributed by atoms with Crippen molar-refractivity contribution in [1.82, 2.24) is 5.32 Å². The van der Waals surface area contributed by atoms with Gasteiger partial charge in [-0.05, 0) is 20.3 Å². The Morgan fingerprint density at radius 2 is 1.88 bits per heavy atom. The third-order valence-electron chi connectivity index (χ3n) is 2.98. The van der Waals surface area contributed by atoms with E-state index >= 15 is 0 Å². The van der Waals surface area contributed by atoms with Gasteiger partial charge in [-0.1, -0.05) is 6.92 Å². The molecule has 94 valence electrons. The molecule has 1 aliphatic rings. The van der Waals surface area contributed by atoms with Crippen LogP contribution in [0, 0.1) is 5.92 Å². The van der Waals surface area contributed by atoms with Gasteiger partial charge in [-0.25, -0.2) is 0 Å². The van der Waals surface area contributed by atoms with E-state index in [1.54, 1.807) is 20.8 Å². The highest BCUT2D eigenvalue weighted by molar-refractivity contribution is 5.81. The highest BCUT2D eigenvalue weighted by Crippen LogP contribution is 2.26. The zero-order valence-corrected chi connectivity index (χ0v) is 9.47. The Hall–Kier alpha value is -0.780. The quantitative estimate of drug-likeness (QED) is 0.758. The van der Waals surface area contributed by atoms with Crippen molar-refractivity contribution in [1.29, 1.82) is 0 Å². The summed E-state index contributed by atoms with van der Waals surface area (Å²) in [7, 11) is 0. The van der Waals surface area contributed by atoms with Crippen LogP contribution in [-0.4, -0.2) is 30.3 Å². The summed E-state index contributed by atoms with van der Waals surface area (Å²) >= 11 is 0. The topological polar surface area (TPSA) is 38.3 Å². The average Bonchev–Trinajstić information content (AvgIpc) is 2.11. The lowest BCUT2D eigenvalue weighted by Gasteiger charge is -2.38. The van der Waals surface area contributed by atoms with Crippen LogP contribution in [0.15, 0.2) is 0 Å². The van der Waals surface area contributed by atoms with Crippen molar-refractivity contribution in [2.45, 2.75) is 51.6 Å². The molecule has 0 bridgehead atoms. The van der Waals surface area contributed by atoms with Crippen molar-refractivity contribution < 1.29 is 22.7 Å². The first-order valence-electron chi connectivity index (χ1n) is 5.25. The third-order valence-corrected chi connectivity index (χ3v) is 2.98. The lowest BCUT2D eigenvalue weighted by molar-refractivity contribution is -0.176. The van der Waals surface area contributed by atoms with E-state index in [1.165, 1.54) is 0 Å². The number of alkyl halides is 3. The Labute approximate surface area is 92.3 Å². The second-order valence-electron chi connectivity index (χ2n) is 4.32. The Bertz CT molecular complexity index is 267. The molecular formula is C10H16F3NO2. The predicted molar refractivity (Wildman–Crippen MR) is 51.8 cm³/mol. The van der Waals surface area contributed by atoms with Crippen LogP contribution in [0.1, 0.15) is 27.2 Å². The van der Waals surface area contributed by atoms with Crippen molar-refractivity contribution in [3.63, 3.8) is 0 Å². The molecule has 0 aliphatic carbocycles. The summed E-state index contributed by atoms with van der Waals surface area (Å²) in [4.78, 5) is 10.8. The van der Waals surface area contributed by atoms with Crippen LogP contribution in [0.3, 0.4) is 0 Å². The summed E-state index contributed by atoms with van der Waals surface area (Å²) < 4.78 is 41.7. The second-order valence-corrected chi connectivity index (χ2v) is 4.32. The molecule has 6 heteroatoms. The van der Waals surface area contributed by atoms with Crippen molar-refractivity contribution >= 4 is 5.91 Å². The highest BCUT2D eigenvalue weighted by Gasteiger charge is 2.42. The molecule has 1 aliphatic heterocycles. The predicted octanol–water partition coefficient (Wildman–Crippen LogP) is 1.87. The summed E-state index contributed by atoms with van der Waals surface area (Å²) in [6.45, 7) is 5.36. The number of hydrogen-bond donors (Lipinski definition) is 1. The molecule has 0 radical (unpaired) electrons. The molecule has 1 amide bonds. The van der Waals surface area contributed by atoms with Gasteiger partial charge in [-0.2, -0.15) is 13.2 Å². The van der Waals surface area contributed by atoms with E-state index < -0.39 is 18.1 Å². The minimum atomic E-state index is -4.81. The fourth-order valence-electron chi connectivity index (χ4n) is 1.89. The maximum Gasteiger partial charge on any atom is 0.471 e. The summed E-state index contributed by atoms with van der Waals surface area (Å²) in [5.74, 6) is -1.99. The van der Waals surface area contributed by atoms with Crippen LogP contribution >= 0.6 is 0 Å². The molecule has 3 nitrogen and oxygen atoms in total. The van der Waals surface area contributed by atoms with Crippen molar-refractivity contribution in [3.05, 3.63) is 0 Å². The van der Waals surface area contributed by atoms with Crippen LogP contribution in [0.25, 0.3) is 0 Å². The normalized spacial score (nSPS) is 35.9. The molecule has 1 fully saturated rings. The molecular weight excluding hydrogens is 223 g/mol. The Morgan fingerprint density at radius 3 is 2.38 bits per heavy atom. The number of amides is 1. The molecule has 1 heterocycles. The summed E-state index contributed by atoms with van der Waals surface area (Å²) in [6.07, 6.45) is -4.69. The molecule has 0 aromatic rings.